The van der Waals surface area contributed by atoms with Gasteiger partial charge < -0.3 is 24.6 Å². The molecule has 14 heteroatoms. The van der Waals surface area contributed by atoms with Crippen molar-refractivity contribution in [1.29, 1.82) is 0 Å². The van der Waals surface area contributed by atoms with Gasteiger partial charge in [-0.3, -0.25) is 0 Å². The van der Waals surface area contributed by atoms with Crippen molar-refractivity contribution in [3.8, 4) is 5.88 Å². The molecule has 3 aliphatic heterocycles. The number of hydrogen-bond acceptors (Lipinski definition) is 9. The Morgan fingerprint density at radius 2 is 1.71 bits per heavy atom. The largest absolute Gasteiger partial charge is 0.471 e. The van der Waals surface area contributed by atoms with Crippen LogP contribution in [0.4, 0.5) is 24.8 Å². The van der Waals surface area contributed by atoms with Crippen LogP contribution in [-0.2, 0) is 20.9 Å². The van der Waals surface area contributed by atoms with Gasteiger partial charge in [0.15, 0.2) is 0 Å². The zero-order chi connectivity index (χ0) is 29.2. The molecule has 0 saturated carbocycles. The number of aromatic nitrogens is 2. The van der Waals surface area contributed by atoms with Crippen molar-refractivity contribution in [2.45, 2.75) is 61.4 Å². The molecule has 1 atom stereocenters. The third kappa shape index (κ3) is 7.04. The fourth-order valence-electron chi connectivity index (χ4n) is 5.53. The van der Waals surface area contributed by atoms with Gasteiger partial charge in [0.1, 0.15) is 11.7 Å². The molecule has 226 valence electrons. The van der Waals surface area contributed by atoms with E-state index in [-0.39, 0.29) is 36.6 Å². The molecular weight excluding hydrogens is 561 g/mol. The Kier molecular flexibility index (Phi) is 8.92. The van der Waals surface area contributed by atoms with Gasteiger partial charge in [0.2, 0.25) is 21.9 Å². The smallest absolute Gasteiger partial charge is 0.423 e. The first kappa shape index (κ1) is 29.8. The maximum absolute atomic E-state index is 13.5. The van der Waals surface area contributed by atoms with E-state index < -0.39 is 33.7 Å². The molecule has 0 spiro atoms. The lowest BCUT2D eigenvalue weighted by Gasteiger charge is -2.36. The van der Waals surface area contributed by atoms with Crippen LogP contribution in [0.5, 0.6) is 5.88 Å². The van der Waals surface area contributed by atoms with Crippen LogP contribution in [0.15, 0.2) is 35.4 Å². The van der Waals surface area contributed by atoms with Gasteiger partial charge in [0, 0.05) is 56.6 Å². The van der Waals surface area contributed by atoms with Gasteiger partial charge in [0.05, 0.1) is 18.1 Å². The molecule has 4 heterocycles. The SMILES string of the molecule is CN(C)C1CCN(c2ccc(S(=O)(=O)N3CCC(Nc4ncc(C(F)(F)F)c(O[C@H]5CCOC5)n4)CC3)cc2)CC1. The summed E-state index contributed by atoms with van der Waals surface area (Å²) in [6.45, 7) is 3.02. The molecule has 0 bridgehead atoms. The number of nitrogens with zero attached hydrogens (tertiary/aromatic N) is 5. The van der Waals surface area contributed by atoms with Crippen molar-refractivity contribution in [1.82, 2.24) is 19.2 Å². The molecule has 41 heavy (non-hydrogen) atoms. The summed E-state index contributed by atoms with van der Waals surface area (Å²) in [6.07, 6.45) is -0.923. The monoisotopic (exact) mass is 598 g/mol. The van der Waals surface area contributed by atoms with E-state index in [2.05, 4.69) is 39.2 Å². The lowest BCUT2D eigenvalue weighted by Crippen LogP contribution is -2.42. The molecule has 0 amide bonds. The van der Waals surface area contributed by atoms with E-state index in [1.54, 1.807) is 12.1 Å². The number of sulfonamides is 1. The van der Waals surface area contributed by atoms with Crippen molar-refractivity contribution in [3.05, 3.63) is 36.0 Å². The summed E-state index contributed by atoms with van der Waals surface area (Å²) in [5.41, 5.74) is -0.0238. The molecule has 10 nitrogen and oxygen atoms in total. The third-order valence-corrected chi connectivity index (χ3v) is 9.96. The van der Waals surface area contributed by atoms with Crippen LogP contribution in [0, 0.1) is 0 Å². The summed E-state index contributed by atoms with van der Waals surface area (Å²) in [5, 5.41) is 3.06. The van der Waals surface area contributed by atoms with Crippen LogP contribution >= 0.6 is 0 Å². The number of hydrogen-bond donors (Lipinski definition) is 1. The lowest BCUT2D eigenvalue weighted by atomic mass is 10.0. The Labute approximate surface area is 238 Å². The molecule has 3 fully saturated rings. The third-order valence-electron chi connectivity index (χ3n) is 8.05. The predicted molar refractivity (Wildman–Crippen MR) is 148 cm³/mol. The lowest BCUT2D eigenvalue weighted by molar-refractivity contribution is -0.139. The minimum Gasteiger partial charge on any atom is -0.471 e. The van der Waals surface area contributed by atoms with Crippen molar-refractivity contribution in [2.24, 2.45) is 0 Å². The summed E-state index contributed by atoms with van der Waals surface area (Å²) in [7, 11) is 0.519. The zero-order valence-electron chi connectivity index (χ0n) is 23.3. The summed E-state index contributed by atoms with van der Waals surface area (Å²) in [5.74, 6) is -0.519. The number of ether oxygens (including phenoxy) is 2. The average Bonchev–Trinajstić information content (AvgIpc) is 3.46. The van der Waals surface area contributed by atoms with E-state index in [1.165, 1.54) is 4.31 Å². The first-order chi connectivity index (χ1) is 19.5. The Bertz CT molecular complexity index is 1270. The maximum atomic E-state index is 13.5. The first-order valence-corrected chi connectivity index (χ1v) is 15.4. The van der Waals surface area contributed by atoms with Crippen LogP contribution in [0.1, 0.15) is 37.7 Å². The highest BCUT2D eigenvalue weighted by atomic mass is 32.2. The second-order valence-electron chi connectivity index (χ2n) is 11.0. The second kappa shape index (κ2) is 12.3. The highest BCUT2D eigenvalue weighted by molar-refractivity contribution is 7.89. The Morgan fingerprint density at radius 3 is 2.29 bits per heavy atom. The molecule has 1 aromatic heterocycles. The van der Waals surface area contributed by atoms with Crippen molar-refractivity contribution in [3.63, 3.8) is 0 Å². The van der Waals surface area contributed by atoms with E-state index in [9.17, 15) is 21.6 Å². The van der Waals surface area contributed by atoms with Gasteiger partial charge in [-0.25, -0.2) is 13.4 Å². The second-order valence-corrected chi connectivity index (χ2v) is 13.0. The van der Waals surface area contributed by atoms with Gasteiger partial charge in [-0.2, -0.15) is 22.5 Å². The van der Waals surface area contributed by atoms with Crippen molar-refractivity contribution in [2.75, 3.05) is 63.7 Å². The maximum Gasteiger partial charge on any atom is 0.423 e. The molecule has 5 rings (SSSR count). The number of piperidine rings is 2. The number of alkyl halides is 3. The normalized spacial score (nSPS) is 21.9. The van der Waals surface area contributed by atoms with Gasteiger partial charge in [-0.1, -0.05) is 0 Å². The minimum absolute atomic E-state index is 0.0124. The molecular formula is C27H37F3N6O4S. The van der Waals surface area contributed by atoms with Gasteiger partial charge in [-0.15, -0.1) is 0 Å². The Balaban J connectivity index is 1.18. The fourth-order valence-corrected chi connectivity index (χ4v) is 6.99. The number of halogens is 3. The summed E-state index contributed by atoms with van der Waals surface area (Å²) >= 11 is 0. The summed E-state index contributed by atoms with van der Waals surface area (Å²) in [4.78, 5) is 12.7. The van der Waals surface area contributed by atoms with Crippen molar-refractivity contribution < 1.29 is 31.1 Å². The molecule has 3 aliphatic rings. The van der Waals surface area contributed by atoms with Gasteiger partial charge in [-0.05, 0) is 64.0 Å². The zero-order valence-corrected chi connectivity index (χ0v) is 24.1. The number of benzene rings is 1. The molecule has 1 N–H and O–H groups in total. The van der Waals surface area contributed by atoms with Crippen LogP contribution in [0.3, 0.4) is 0 Å². The molecule has 1 aromatic carbocycles. The fraction of sp³-hybridized carbons (Fsp3) is 0.630. The highest BCUT2D eigenvalue weighted by Gasteiger charge is 2.38. The predicted octanol–water partition coefficient (Wildman–Crippen LogP) is 3.46. The topological polar surface area (TPSA) is 100 Å². The Hall–Kier alpha value is -2.68. The Morgan fingerprint density at radius 1 is 1.02 bits per heavy atom. The number of nitrogens with one attached hydrogen (secondary N) is 1. The minimum atomic E-state index is -4.66. The molecule has 0 radical (unpaired) electrons. The highest BCUT2D eigenvalue weighted by Crippen LogP contribution is 2.36. The molecule has 2 aromatic rings. The van der Waals surface area contributed by atoms with Crippen LogP contribution in [-0.4, -0.2) is 99.3 Å². The molecule has 0 aliphatic carbocycles. The van der Waals surface area contributed by atoms with E-state index in [0.29, 0.717) is 38.1 Å². The summed E-state index contributed by atoms with van der Waals surface area (Å²) in [6, 6.07) is 7.44. The average molecular weight is 599 g/mol. The van der Waals surface area contributed by atoms with Crippen LogP contribution < -0.4 is 15.0 Å². The summed E-state index contributed by atoms with van der Waals surface area (Å²) < 4.78 is 79.3. The van der Waals surface area contributed by atoms with E-state index in [4.69, 9.17) is 9.47 Å². The standard InChI is InChI=1S/C27H37F3N6O4S/c1-34(2)20-9-12-35(13-10-20)21-3-5-23(6-4-21)41(37,38)36-14-7-19(8-15-36)32-26-31-17-24(27(28,29)30)25(33-26)40-22-11-16-39-18-22/h3-6,17,19-20,22H,7-16,18H2,1-2H3,(H,31,32,33)/t22-/m0/s1. The van der Waals surface area contributed by atoms with E-state index in [1.807, 2.05) is 12.1 Å². The van der Waals surface area contributed by atoms with Crippen molar-refractivity contribution >= 4 is 21.7 Å². The number of anilines is 2. The molecule has 0 unspecified atom stereocenters. The number of rotatable bonds is 8. The van der Waals surface area contributed by atoms with Gasteiger partial charge >= 0.3 is 6.18 Å². The van der Waals surface area contributed by atoms with Gasteiger partial charge in [0.25, 0.3) is 0 Å². The first-order valence-electron chi connectivity index (χ1n) is 14.0. The van der Waals surface area contributed by atoms with E-state index in [0.717, 1.165) is 31.6 Å². The molecule has 3 saturated heterocycles. The quantitative estimate of drug-likeness (QED) is 0.490. The van der Waals surface area contributed by atoms with Crippen LogP contribution in [0.2, 0.25) is 0 Å². The van der Waals surface area contributed by atoms with E-state index >= 15 is 0 Å². The van der Waals surface area contributed by atoms with Crippen LogP contribution in [0.25, 0.3) is 0 Å².